The molecule has 1 amide bonds. The number of hydrogen-bond donors (Lipinski definition) is 1. The highest BCUT2D eigenvalue weighted by Gasteiger charge is 2.24. The minimum atomic E-state index is -0.0624. The van der Waals surface area contributed by atoms with E-state index in [4.69, 9.17) is 4.74 Å². The zero-order valence-corrected chi connectivity index (χ0v) is 10.3. The number of carbonyl (C=O) groups excluding carboxylic acids is 1. The van der Waals surface area contributed by atoms with Gasteiger partial charge in [-0.1, -0.05) is 0 Å². The number of ether oxygens (including phenoxy) is 1. The molecule has 1 saturated carbocycles. The predicted molar refractivity (Wildman–Crippen MR) is 67.8 cm³/mol. The molecule has 1 saturated heterocycles. The van der Waals surface area contributed by atoms with Gasteiger partial charge in [0.15, 0.2) is 0 Å². The van der Waals surface area contributed by atoms with Gasteiger partial charge in [0.1, 0.15) is 5.69 Å². The van der Waals surface area contributed by atoms with Crippen LogP contribution in [0.2, 0.25) is 0 Å². The van der Waals surface area contributed by atoms with Crippen molar-refractivity contribution in [3.05, 3.63) is 24.0 Å². The lowest BCUT2D eigenvalue weighted by molar-refractivity contribution is 0.0946. The van der Waals surface area contributed by atoms with E-state index in [0.717, 1.165) is 44.8 Å². The Morgan fingerprint density at radius 1 is 1.39 bits per heavy atom. The second-order valence-electron chi connectivity index (χ2n) is 4.75. The number of rotatable bonds is 3. The number of hydrogen-bond acceptors (Lipinski definition) is 4. The van der Waals surface area contributed by atoms with Crippen molar-refractivity contribution in [1.82, 2.24) is 10.3 Å². The second-order valence-corrected chi connectivity index (χ2v) is 4.75. The topological polar surface area (TPSA) is 54.5 Å². The Kier molecular flexibility index (Phi) is 3.15. The number of carbonyl (C=O) groups is 1. The number of pyridine rings is 1. The summed E-state index contributed by atoms with van der Waals surface area (Å²) in [5, 5.41) is 2.96. The molecule has 0 spiro atoms. The fourth-order valence-electron chi connectivity index (χ4n) is 2.05. The molecule has 18 heavy (non-hydrogen) atoms. The molecule has 2 fully saturated rings. The molecule has 3 rings (SSSR count). The van der Waals surface area contributed by atoms with E-state index in [1.807, 2.05) is 12.1 Å². The molecular weight excluding hydrogens is 230 g/mol. The minimum absolute atomic E-state index is 0.0624. The van der Waals surface area contributed by atoms with E-state index in [0.29, 0.717) is 11.7 Å². The van der Waals surface area contributed by atoms with Gasteiger partial charge in [0.2, 0.25) is 0 Å². The van der Waals surface area contributed by atoms with Gasteiger partial charge in [-0.2, -0.15) is 0 Å². The van der Waals surface area contributed by atoms with Crippen molar-refractivity contribution in [2.75, 3.05) is 31.2 Å². The van der Waals surface area contributed by atoms with E-state index in [2.05, 4.69) is 15.2 Å². The number of nitrogens with one attached hydrogen (secondary N) is 1. The molecule has 0 atom stereocenters. The van der Waals surface area contributed by atoms with E-state index in [1.165, 1.54) is 0 Å². The number of amides is 1. The standard InChI is InChI=1S/C13H17N3O2/c17-13(15-10-1-2-10)12-9-11(3-4-14-12)16-5-7-18-8-6-16/h3-4,9-10H,1-2,5-8H2,(H,15,17). The Hall–Kier alpha value is -1.62. The molecular formula is C13H17N3O2. The molecule has 0 radical (unpaired) electrons. The van der Waals surface area contributed by atoms with Gasteiger partial charge < -0.3 is 15.0 Å². The number of nitrogens with zero attached hydrogens (tertiary/aromatic N) is 2. The lowest BCUT2D eigenvalue weighted by Gasteiger charge is -2.28. The average molecular weight is 247 g/mol. The van der Waals surface area contributed by atoms with Crippen LogP contribution in [0.4, 0.5) is 5.69 Å². The van der Waals surface area contributed by atoms with Crippen LogP contribution < -0.4 is 10.2 Å². The van der Waals surface area contributed by atoms with Gasteiger partial charge in [-0.15, -0.1) is 0 Å². The van der Waals surface area contributed by atoms with Crippen LogP contribution in [0, 0.1) is 0 Å². The fourth-order valence-corrected chi connectivity index (χ4v) is 2.05. The highest BCUT2D eigenvalue weighted by atomic mass is 16.5. The van der Waals surface area contributed by atoms with E-state index in [-0.39, 0.29) is 5.91 Å². The Morgan fingerprint density at radius 3 is 2.89 bits per heavy atom. The Labute approximate surface area is 106 Å². The normalized spacial score (nSPS) is 19.7. The summed E-state index contributed by atoms with van der Waals surface area (Å²) in [5.74, 6) is -0.0624. The van der Waals surface area contributed by atoms with Gasteiger partial charge in [-0.25, -0.2) is 0 Å². The van der Waals surface area contributed by atoms with Crippen LogP contribution in [0.1, 0.15) is 23.3 Å². The summed E-state index contributed by atoms with van der Waals surface area (Å²) in [6.45, 7) is 3.22. The molecule has 2 aliphatic rings. The average Bonchev–Trinajstić information content (AvgIpc) is 3.24. The molecule has 96 valence electrons. The van der Waals surface area contributed by atoms with Gasteiger partial charge >= 0.3 is 0 Å². The van der Waals surface area contributed by atoms with Crippen LogP contribution in [-0.4, -0.2) is 43.2 Å². The lowest BCUT2D eigenvalue weighted by atomic mass is 10.2. The highest BCUT2D eigenvalue weighted by molar-refractivity contribution is 5.93. The monoisotopic (exact) mass is 247 g/mol. The number of aromatic nitrogens is 1. The zero-order valence-electron chi connectivity index (χ0n) is 10.3. The summed E-state index contributed by atoms with van der Waals surface area (Å²) in [5.41, 5.74) is 1.56. The number of morpholine rings is 1. The van der Waals surface area contributed by atoms with E-state index in [1.54, 1.807) is 6.20 Å². The Bertz CT molecular complexity index is 440. The number of anilines is 1. The summed E-state index contributed by atoms with van der Waals surface area (Å²) >= 11 is 0. The van der Waals surface area contributed by atoms with Crippen LogP contribution in [0.5, 0.6) is 0 Å². The first-order chi connectivity index (χ1) is 8.83. The van der Waals surface area contributed by atoms with Crippen molar-refractivity contribution in [3.63, 3.8) is 0 Å². The first-order valence-electron chi connectivity index (χ1n) is 6.42. The van der Waals surface area contributed by atoms with Crippen molar-refractivity contribution in [2.24, 2.45) is 0 Å². The molecule has 1 aliphatic heterocycles. The highest BCUT2D eigenvalue weighted by Crippen LogP contribution is 2.20. The summed E-state index contributed by atoms with van der Waals surface area (Å²) in [6.07, 6.45) is 3.89. The summed E-state index contributed by atoms with van der Waals surface area (Å²) in [7, 11) is 0. The molecule has 1 N–H and O–H groups in total. The molecule has 5 heteroatoms. The maximum absolute atomic E-state index is 11.9. The first-order valence-corrected chi connectivity index (χ1v) is 6.42. The molecule has 5 nitrogen and oxygen atoms in total. The van der Waals surface area contributed by atoms with Crippen molar-refractivity contribution in [1.29, 1.82) is 0 Å². The van der Waals surface area contributed by atoms with E-state index in [9.17, 15) is 4.79 Å². The maximum Gasteiger partial charge on any atom is 0.270 e. The van der Waals surface area contributed by atoms with Crippen LogP contribution in [0.25, 0.3) is 0 Å². The van der Waals surface area contributed by atoms with Gasteiger partial charge in [0.05, 0.1) is 13.2 Å². The van der Waals surface area contributed by atoms with E-state index < -0.39 is 0 Å². The zero-order chi connectivity index (χ0) is 12.4. The summed E-state index contributed by atoms with van der Waals surface area (Å²) in [6, 6.07) is 4.17. The van der Waals surface area contributed by atoms with Gasteiger partial charge in [-0.05, 0) is 25.0 Å². The lowest BCUT2D eigenvalue weighted by Crippen LogP contribution is -2.36. The SMILES string of the molecule is O=C(NC1CC1)c1cc(N2CCOCC2)ccn1. The second kappa shape index (κ2) is 4.94. The first kappa shape index (κ1) is 11.5. The molecule has 0 aromatic carbocycles. The van der Waals surface area contributed by atoms with Crippen molar-refractivity contribution >= 4 is 11.6 Å². The van der Waals surface area contributed by atoms with Crippen molar-refractivity contribution in [3.8, 4) is 0 Å². The van der Waals surface area contributed by atoms with Crippen LogP contribution in [-0.2, 0) is 4.74 Å². The summed E-state index contributed by atoms with van der Waals surface area (Å²) < 4.78 is 5.32. The Balaban J connectivity index is 1.72. The van der Waals surface area contributed by atoms with Crippen molar-refractivity contribution in [2.45, 2.75) is 18.9 Å². The molecule has 0 unspecified atom stereocenters. The van der Waals surface area contributed by atoms with Crippen molar-refractivity contribution < 1.29 is 9.53 Å². The van der Waals surface area contributed by atoms with Gasteiger partial charge in [0.25, 0.3) is 5.91 Å². The maximum atomic E-state index is 11.9. The third-order valence-electron chi connectivity index (χ3n) is 3.26. The van der Waals surface area contributed by atoms with Crippen LogP contribution >= 0.6 is 0 Å². The fraction of sp³-hybridized carbons (Fsp3) is 0.538. The third-order valence-corrected chi connectivity index (χ3v) is 3.26. The summed E-state index contributed by atoms with van der Waals surface area (Å²) in [4.78, 5) is 18.3. The molecule has 1 aliphatic carbocycles. The van der Waals surface area contributed by atoms with Gasteiger partial charge in [0, 0.05) is 31.0 Å². The molecule has 2 heterocycles. The van der Waals surface area contributed by atoms with Crippen LogP contribution in [0.3, 0.4) is 0 Å². The minimum Gasteiger partial charge on any atom is -0.378 e. The smallest absolute Gasteiger partial charge is 0.270 e. The third kappa shape index (κ3) is 2.61. The predicted octanol–water partition coefficient (Wildman–Crippen LogP) is 0.810. The molecule has 0 bridgehead atoms. The molecule has 1 aromatic heterocycles. The molecule has 1 aromatic rings. The van der Waals surface area contributed by atoms with Gasteiger partial charge in [-0.3, -0.25) is 9.78 Å². The van der Waals surface area contributed by atoms with E-state index >= 15 is 0 Å². The van der Waals surface area contributed by atoms with Crippen LogP contribution in [0.15, 0.2) is 18.3 Å². The quantitative estimate of drug-likeness (QED) is 0.859. The largest absolute Gasteiger partial charge is 0.378 e. The Morgan fingerprint density at radius 2 is 2.17 bits per heavy atom.